The molecule has 0 spiro atoms. The Hall–Kier alpha value is -3.35. The molecule has 2 aromatic rings. The summed E-state index contributed by atoms with van der Waals surface area (Å²) < 4.78 is 15.6. The number of benzene rings is 2. The summed E-state index contributed by atoms with van der Waals surface area (Å²) in [5.74, 6) is 0.538. The summed E-state index contributed by atoms with van der Waals surface area (Å²) in [5.41, 5.74) is 1.32. The minimum Gasteiger partial charge on any atom is -0.493 e. The molecule has 0 saturated carbocycles. The monoisotopic (exact) mass is 343 g/mol. The second-order valence-corrected chi connectivity index (χ2v) is 4.95. The van der Waals surface area contributed by atoms with Gasteiger partial charge in [-0.1, -0.05) is 12.1 Å². The molecule has 2 aromatic carbocycles. The minimum absolute atomic E-state index is 0.0138. The molecule has 0 saturated heterocycles. The summed E-state index contributed by atoms with van der Waals surface area (Å²) in [6.07, 6.45) is 2.85. The van der Waals surface area contributed by atoms with Gasteiger partial charge < -0.3 is 14.2 Å². The van der Waals surface area contributed by atoms with Gasteiger partial charge in [0.25, 0.3) is 5.69 Å². The molecule has 0 radical (unpaired) electrons. The molecule has 0 aliphatic carbocycles. The van der Waals surface area contributed by atoms with E-state index in [1.165, 1.54) is 32.4 Å². The van der Waals surface area contributed by atoms with Crippen LogP contribution in [0.5, 0.6) is 11.5 Å². The molecule has 0 unspecified atom stereocenters. The molecule has 7 heteroatoms. The first kappa shape index (κ1) is 18.0. The van der Waals surface area contributed by atoms with Crippen LogP contribution in [0, 0.1) is 10.1 Å². The summed E-state index contributed by atoms with van der Waals surface area (Å²) >= 11 is 0. The fourth-order valence-electron chi connectivity index (χ4n) is 2.12. The summed E-state index contributed by atoms with van der Waals surface area (Å²) in [4.78, 5) is 21.9. The summed E-state index contributed by atoms with van der Waals surface area (Å²) in [6, 6.07) is 11.1. The van der Waals surface area contributed by atoms with E-state index in [0.717, 1.165) is 0 Å². The normalized spacial score (nSPS) is 10.5. The second kappa shape index (κ2) is 8.49. The number of carbonyl (C=O) groups excluding carboxylic acids is 1. The first-order valence-electron chi connectivity index (χ1n) is 7.34. The molecule has 7 nitrogen and oxygen atoms in total. The van der Waals surface area contributed by atoms with Crippen LogP contribution in [0.15, 0.2) is 48.5 Å². The van der Waals surface area contributed by atoms with Crippen molar-refractivity contribution in [2.24, 2.45) is 0 Å². The molecule has 130 valence electrons. The Morgan fingerprint density at radius 2 is 1.84 bits per heavy atom. The number of esters is 1. The zero-order valence-corrected chi connectivity index (χ0v) is 13.8. The number of carbonyl (C=O) groups is 1. The van der Waals surface area contributed by atoms with Gasteiger partial charge in [-0.15, -0.1) is 0 Å². The molecule has 0 aliphatic rings. The first-order chi connectivity index (χ1) is 12.0. The number of nitro groups is 1. The van der Waals surface area contributed by atoms with Crippen LogP contribution in [-0.4, -0.2) is 25.1 Å². The summed E-state index contributed by atoms with van der Waals surface area (Å²) in [7, 11) is 3.05. The number of non-ortho nitro benzene ring substituents is 1. The third kappa shape index (κ3) is 4.81. The van der Waals surface area contributed by atoms with Crippen molar-refractivity contribution in [3.63, 3.8) is 0 Å². The Morgan fingerprint density at radius 1 is 1.12 bits per heavy atom. The number of para-hydroxylation sites is 1. The van der Waals surface area contributed by atoms with E-state index in [2.05, 4.69) is 0 Å². The van der Waals surface area contributed by atoms with Crippen LogP contribution in [0.1, 0.15) is 11.1 Å². The van der Waals surface area contributed by atoms with Crippen LogP contribution in [0.4, 0.5) is 5.69 Å². The van der Waals surface area contributed by atoms with Gasteiger partial charge in [0, 0.05) is 23.8 Å². The van der Waals surface area contributed by atoms with E-state index in [0.29, 0.717) is 22.6 Å². The van der Waals surface area contributed by atoms with Crippen LogP contribution in [0.25, 0.3) is 6.08 Å². The highest BCUT2D eigenvalue weighted by atomic mass is 16.6. The lowest BCUT2D eigenvalue weighted by Gasteiger charge is -2.09. The molecule has 0 bridgehead atoms. The van der Waals surface area contributed by atoms with Crippen LogP contribution < -0.4 is 9.47 Å². The van der Waals surface area contributed by atoms with E-state index in [1.54, 1.807) is 36.4 Å². The third-order valence-electron chi connectivity index (χ3n) is 3.36. The molecule has 0 heterocycles. The largest absolute Gasteiger partial charge is 0.493 e. The standard InChI is InChI=1S/C18H17NO6/c1-23-16-5-3-4-14(18(16)24-2)8-11-17(20)25-12-13-6-9-15(10-7-13)19(21)22/h3-11H,12H2,1-2H3. The summed E-state index contributed by atoms with van der Waals surface area (Å²) in [5, 5.41) is 10.6. The number of hydrogen-bond donors (Lipinski definition) is 0. The average molecular weight is 343 g/mol. The van der Waals surface area contributed by atoms with Crippen LogP contribution >= 0.6 is 0 Å². The molecule has 25 heavy (non-hydrogen) atoms. The SMILES string of the molecule is COc1cccc(C=CC(=O)OCc2ccc([N+](=O)[O-])cc2)c1OC. The van der Waals surface area contributed by atoms with E-state index < -0.39 is 10.9 Å². The van der Waals surface area contributed by atoms with Crippen molar-refractivity contribution in [2.75, 3.05) is 14.2 Å². The molecule has 0 fully saturated rings. The van der Waals surface area contributed by atoms with Gasteiger partial charge in [-0.2, -0.15) is 0 Å². The topological polar surface area (TPSA) is 87.9 Å². The van der Waals surface area contributed by atoms with E-state index in [1.807, 2.05) is 0 Å². The van der Waals surface area contributed by atoms with Crippen molar-refractivity contribution in [1.82, 2.24) is 0 Å². The minimum atomic E-state index is -0.539. The average Bonchev–Trinajstić information content (AvgIpc) is 2.64. The molecule has 0 atom stereocenters. The van der Waals surface area contributed by atoms with Crippen LogP contribution in [-0.2, 0) is 16.1 Å². The predicted octanol–water partition coefficient (Wildman–Crippen LogP) is 3.37. The molecule has 0 amide bonds. The molecule has 2 rings (SSSR count). The number of rotatable bonds is 7. The Kier molecular flexibility index (Phi) is 6.11. The van der Waals surface area contributed by atoms with Crippen molar-refractivity contribution < 1.29 is 23.9 Å². The fourth-order valence-corrected chi connectivity index (χ4v) is 2.12. The van der Waals surface area contributed by atoms with E-state index in [9.17, 15) is 14.9 Å². The van der Waals surface area contributed by atoms with Gasteiger partial charge in [-0.05, 0) is 29.8 Å². The number of nitrogens with zero attached hydrogens (tertiary/aromatic N) is 1. The summed E-state index contributed by atoms with van der Waals surface area (Å²) in [6.45, 7) is 0.0242. The maximum absolute atomic E-state index is 11.8. The molecule has 0 N–H and O–H groups in total. The van der Waals surface area contributed by atoms with Crippen LogP contribution in [0.3, 0.4) is 0 Å². The number of hydrogen-bond acceptors (Lipinski definition) is 6. The highest BCUT2D eigenvalue weighted by Crippen LogP contribution is 2.31. The maximum atomic E-state index is 11.8. The number of methoxy groups -OCH3 is 2. The number of ether oxygens (including phenoxy) is 3. The zero-order chi connectivity index (χ0) is 18.2. The van der Waals surface area contributed by atoms with Crippen molar-refractivity contribution in [2.45, 2.75) is 6.61 Å². The van der Waals surface area contributed by atoms with Gasteiger partial charge in [-0.25, -0.2) is 4.79 Å². The smallest absolute Gasteiger partial charge is 0.331 e. The van der Waals surface area contributed by atoms with Gasteiger partial charge in [0.05, 0.1) is 19.1 Å². The second-order valence-electron chi connectivity index (χ2n) is 4.95. The van der Waals surface area contributed by atoms with Gasteiger partial charge in [-0.3, -0.25) is 10.1 Å². The Morgan fingerprint density at radius 3 is 2.44 bits per heavy atom. The Labute approximate surface area is 144 Å². The lowest BCUT2D eigenvalue weighted by Crippen LogP contribution is -2.01. The van der Waals surface area contributed by atoms with E-state index in [-0.39, 0.29) is 12.3 Å². The molecule has 0 aromatic heterocycles. The molecular formula is C18H17NO6. The van der Waals surface area contributed by atoms with Gasteiger partial charge in [0.2, 0.25) is 0 Å². The Bertz CT molecular complexity index is 783. The van der Waals surface area contributed by atoms with Gasteiger partial charge >= 0.3 is 5.97 Å². The molecular weight excluding hydrogens is 326 g/mol. The highest BCUT2D eigenvalue weighted by molar-refractivity contribution is 5.87. The van der Waals surface area contributed by atoms with E-state index in [4.69, 9.17) is 14.2 Å². The van der Waals surface area contributed by atoms with Crippen molar-refractivity contribution in [1.29, 1.82) is 0 Å². The van der Waals surface area contributed by atoms with Crippen molar-refractivity contribution in [3.8, 4) is 11.5 Å². The van der Waals surface area contributed by atoms with Gasteiger partial charge in [0.1, 0.15) is 6.61 Å². The zero-order valence-electron chi connectivity index (χ0n) is 13.8. The fraction of sp³-hybridized carbons (Fsp3) is 0.167. The molecule has 0 aliphatic heterocycles. The van der Waals surface area contributed by atoms with Crippen molar-refractivity contribution >= 4 is 17.7 Å². The van der Waals surface area contributed by atoms with Crippen molar-refractivity contribution in [3.05, 3.63) is 69.8 Å². The third-order valence-corrected chi connectivity index (χ3v) is 3.36. The highest BCUT2D eigenvalue weighted by Gasteiger charge is 2.08. The first-order valence-corrected chi connectivity index (χ1v) is 7.34. The Balaban J connectivity index is 1.98. The lowest BCUT2D eigenvalue weighted by atomic mass is 10.1. The lowest BCUT2D eigenvalue weighted by molar-refractivity contribution is -0.384. The van der Waals surface area contributed by atoms with Gasteiger partial charge in [0.15, 0.2) is 11.5 Å². The van der Waals surface area contributed by atoms with E-state index >= 15 is 0 Å². The quantitative estimate of drug-likeness (QED) is 0.331. The van der Waals surface area contributed by atoms with Crippen LogP contribution in [0.2, 0.25) is 0 Å². The number of nitro benzene ring substituents is 1. The maximum Gasteiger partial charge on any atom is 0.331 e. The predicted molar refractivity (Wildman–Crippen MR) is 91.5 cm³/mol.